The van der Waals surface area contributed by atoms with Crippen molar-refractivity contribution in [2.24, 2.45) is 0 Å². The van der Waals surface area contributed by atoms with E-state index in [1.54, 1.807) is 36.1 Å². The number of anilines is 1. The second-order valence-electron chi connectivity index (χ2n) is 6.96. The molecule has 1 saturated heterocycles. The summed E-state index contributed by atoms with van der Waals surface area (Å²) in [6.07, 6.45) is 0.707. The summed E-state index contributed by atoms with van der Waals surface area (Å²) in [4.78, 5) is 29.0. The molecule has 29 heavy (non-hydrogen) atoms. The van der Waals surface area contributed by atoms with Crippen molar-refractivity contribution >= 4 is 29.1 Å². The molecule has 1 fully saturated rings. The zero-order valence-electron chi connectivity index (χ0n) is 16.0. The van der Waals surface area contributed by atoms with Crippen molar-refractivity contribution < 1.29 is 18.4 Å². The fourth-order valence-corrected chi connectivity index (χ4v) is 3.54. The summed E-state index contributed by atoms with van der Waals surface area (Å²) in [6.45, 7) is 3.94. The molecule has 2 amide bonds. The molecule has 0 aliphatic carbocycles. The molecule has 2 aromatic rings. The van der Waals surface area contributed by atoms with Crippen LogP contribution in [-0.2, 0) is 4.79 Å². The molecule has 0 aromatic heterocycles. The van der Waals surface area contributed by atoms with E-state index >= 15 is 0 Å². The lowest BCUT2D eigenvalue weighted by atomic mass is 10.2. The first-order valence-corrected chi connectivity index (χ1v) is 9.78. The number of halogens is 3. The van der Waals surface area contributed by atoms with Crippen LogP contribution in [0.3, 0.4) is 0 Å². The van der Waals surface area contributed by atoms with Crippen LogP contribution in [0, 0.1) is 11.6 Å². The molecule has 8 heteroatoms. The average Bonchev–Trinajstić information content (AvgIpc) is 2.96. The van der Waals surface area contributed by atoms with Crippen LogP contribution in [0.15, 0.2) is 42.5 Å². The van der Waals surface area contributed by atoms with E-state index in [-0.39, 0.29) is 17.5 Å². The molecule has 2 aromatic carbocycles. The second kappa shape index (κ2) is 9.33. The molecule has 0 bridgehead atoms. The van der Waals surface area contributed by atoms with Gasteiger partial charge >= 0.3 is 0 Å². The lowest BCUT2D eigenvalue weighted by Gasteiger charge is -2.27. The Balaban J connectivity index is 1.60. The number of amides is 2. The molecule has 0 spiro atoms. The van der Waals surface area contributed by atoms with Gasteiger partial charge in [-0.05, 0) is 37.6 Å². The van der Waals surface area contributed by atoms with Gasteiger partial charge in [0.15, 0.2) is 11.6 Å². The van der Waals surface area contributed by atoms with Crippen molar-refractivity contribution in [2.45, 2.75) is 19.4 Å². The quantitative estimate of drug-likeness (QED) is 0.817. The molecule has 1 unspecified atom stereocenters. The average molecular weight is 422 g/mol. The maximum absolute atomic E-state index is 13.3. The molecule has 5 nitrogen and oxygen atoms in total. The number of hydrogen-bond acceptors (Lipinski definition) is 3. The SMILES string of the molecule is CC(C(=O)Nc1ccc(F)c(F)c1)N1CCCN(C(=O)c2ccccc2Cl)CC1. The van der Waals surface area contributed by atoms with E-state index in [1.807, 2.05) is 4.90 Å². The Kier molecular flexibility index (Phi) is 6.82. The molecular weight excluding hydrogens is 400 g/mol. The van der Waals surface area contributed by atoms with Gasteiger partial charge in [0, 0.05) is 37.9 Å². The predicted octanol–water partition coefficient (Wildman–Crippen LogP) is 3.79. The van der Waals surface area contributed by atoms with Gasteiger partial charge < -0.3 is 10.2 Å². The molecule has 154 valence electrons. The fourth-order valence-electron chi connectivity index (χ4n) is 3.32. The van der Waals surface area contributed by atoms with Crippen molar-refractivity contribution in [3.05, 3.63) is 64.7 Å². The smallest absolute Gasteiger partial charge is 0.255 e. The summed E-state index contributed by atoms with van der Waals surface area (Å²) in [5, 5.41) is 3.02. The minimum absolute atomic E-state index is 0.128. The van der Waals surface area contributed by atoms with Crippen molar-refractivity contribution in [1.82, 2.24) is 9.80 Å². The Morgan fingerprint density at radius 3 is 2.52 bits per heavy atom. The minimum Gasteiger partial charge on any atom is -0.337 e. The van der Waals surface area contributed by atoms with Gasteiger partial charge in [0.25, 0.3) is 5.91 Å². The van der Waals surface area contributed by atoms with E-state index in [1.165, 1.54) is 6.07 Å². The summed E-state index contributed by atoms with van der Waals surface area (Å²) >= 11 is 6.14. The van der Waals surface area contributed by atoms with Crippen molar-refractivity contribution in [3.63, 3.8) is 0 Å². The monoisotopic (exact) mass is 421 g/mol. The number of benzene rings is 2. The number of hydrogen-bond donors (Lipinski definition) is 1. The third-order valence-electron chi connectivity index (χ3n) is 5.04. The number of carbonyl (C=O) groups is 2. The Labute approximate surface area is 173 Å². The van der Waals surface area contributed by atoms with Crippen LogP contribution in [0.25, 0.3) is 0 Å². The first-order valence-electron chi connectivity index (χ1n) is 9.40. The summed E-state index contributed by atoms with van der Waals surface area (Å²) < 4.78 is 26.4. The van der Waals surface area contributed by atoms with Crippen LogP contribution in [0.2, 0.25) is 5.02 Å². The third-order valence-corrected chi connectivity index (χ3v) is 5.37. The Morgan fingerprint density at radius 2 is 1.79 bits per heavy atom. The van der Waals surface area contributed by atoms with Gasteiger partial charge in [-0.25, -0.2) is 8.78 Å². The molecular formula is C21H22ClF2N3O2. The van der Waals surface area contributed by atoms with Gasteiger partial charge in [0.2, 0.25) is 5.91 Å². The highest BCUT2D eigenvalue weighted by Gasteiger charge is 2.27. The molecule has 3 rings (SSSR count). The molecule has 1 atom stereocenters. The molecule has 1 heterocycles. The molecule has 0 radical (unpaired) electrons. The van der Waals surface area contributed by atoms with E-state index in [4.69, 9.17) is 11.6 Å². The maximum atomic E-state index is 13.3. The highest BCUT2D eigenvalue weighted by Crippen LogP contribution is 2.19. The van der Waals surface area contributed by atoms with Crippen molar-refractivity contribution in [1.29, 1.82) is 0 Å². The first-order chi connectivity index (χ1) is 13.9. The van der Waals surface area contributed by atoms with E-state index in [0.717, 1.165) is 12.1 Å². The molecule has 1 aliphatic heterocycles. The highest BCUT2D eigenvalue weighted by molar-refractivity contribution is 6.33. The molecule has 1 N–H and O–H groups in total. The van der Waals surface area contributed by atoms with Gasteiger partial charge in [-0.1, -0.05) is 23.7 Å². The lowest BCUT2D eigenvalue weighted by molar-refractivity contribution is -0.120. The highest BCUT2D eigenvalue weighted by atomic mass is 35.5. The van der Waals surface area contributed by atoms with Crippen LogP contribution in [-0.4, -0.2) is 53.8 Å². The van der Waals surface area contributed by atoms with Gasteiger partial charge in [0.1, 0.15) is 0 Å². The van der Waals surface area contributed by atoms with Gasteiger partial charge in [-0.15, -0.1) is 0 Å². The van der Waals surface area contributed by atoms with Gasteiger partial charge in [0.05, 0.1) is 16.6 Å². The standard InChI is InChI=1S/C21H22ClF2N3O2/c1-14(20(28)25-15-7-8-18(23)19(24)13-15)26-9-4-10-27(12-11-26)21(29)16-5-2-3-6-17(16)22/h2-3,5-8,13-14H,4,9-12H2,1H3,(H,25,28). The normalized spacial score (nSPS) is 16.2. The number of rotatable bonds is 4. The largest absolute Gasteiger partial charge is 0.337 e. The van der Waals surface area contributed by atoms with Crippen LogP contribution >= 0.6 is 11.6 Å². The van der Waals surface area contributed by atoms with Gasteiger partial charge in [-0.2, -0.15) is 0 Å². The number of nitrogens with one attached hydrogen (secondary N) is 1. The summed E-state index contributed by atoms with van der Waals surface area (Å²) in [6, 6.07) is 9.68. The number of nitrogens with zero attached hydrogens (tertiary/aromatic N) is 2. The van der Waals surface area contributed by atoms with Crippen molar-refractivity contribution in [2.75, 3.05) is 31.5 Å². The van der Waals surface area contributed by atoms with E-state index in [2.05, 4.69) is 5.32 Å². The Hall–Kier alpha value is -2.51. The fraction of sp³-hybridized carbons (Fsp3) is 0.333. The molecule has 1 aliphatic rings. The van der Waals surface area contributed by atoms with Crippen LogP contribution in [0.4, 0.5) is 14.5 Å². The lowest BCUT2D eigenvalue weighted by Crippen LogP contribution is -2.44. The summed E-state index contributed by atoms with van der Waals surface area (Å²) in [5.74, 6) is -2.43. The van der Waals surface area contributed by atoms with Crippen LogP contribution < -0.4 is 5.32 Å². The summed E-state index contributed by atoms with van der Waals surface area (Å²) in [5.41, 5.74) is 0.665. The van der Waals surface area contributed by atoms with Crippen molar-refractivity contribution in [3.8, 4) is 0 Å². The number of carbonyl (C=O) groups excluding carboxylic acids is 2. The van der Waals surface area contributed by atoms with Gasteiger partial charge in [-0.3, -0.25) is 14.5 Å². The zero-order chi connectivity index (χ0) is 21.0. The zero-order valence-corrected chi connectivity index (χ0v) is 16.8. The topological polar surface area (TPSA) is 52.7 Å². The Morgan fingerprint density at radius 1 is 1.03 bits per heavy atom. The van der Waals surface area contributed by atoms with Crippen LogP contribution in [0.5, 0.6) is 0 Å². The maximum Gasteiger partial charge on any atom is 0.255 e. The molecule has 0 saturated carbocycles. The van der Waals surface area contributed by atoms with E-state index in [0.29, 0.717) is 43.2 Å². The summed E-state index contributed by atoms with van der Waals surface area (Å²) in [7, 11) is 0. The Bertz CT molecular complexity index is 909. The van der Waals surface area contributed by atoms with E-state index in [9.17, 15) is 18.4 Å². The van der Waals surface area contributed by atoms with Crippen LogP contribution in [0.1, 0.15) is 23.7 Å². The first kappa shape index (κ1) is 21.2. The van der Waals surface area contributed by atoms with E-state index < -0.39 is 17.7 Å². The predicted molar refractivity (Wildman–Crippen MR) is 108 cm³/mol. The minimum atomic E-state index is -1.01. The third kappa shape index (κ3) is 5.10. The second-order valence-corrected chi connectivity index (χ2v) is 7.36.